The fourth-order valence-corrected chi connectivity index (χ4v) is 3.90. The van der Waals surface area contributed by atoms with Crippen molar-refractivity contribution in [1.29, 1.82) is 0 Å². The van der Waals surface area contributed by atoms with Gasteiger partial charge in [0, 0.05) is 19.6 Å². The van der Waals surface area contributed by atoms with Gasteiger partial charge >= 0.3 is 0 Å². The lowest BCUT2D eigenvalue weighted by atomic mass is 9.87. The van der Waals surface area contributed by atoms with Crippen molar-refractivity contribution in [2.45, 2.75) is 52.9 Å². The minimum Gasteiger partial charge on any atom is -0.379 e. The van der Waals surface area contributed by atoms with Gasteiger partial charge in [-0.25, -0.2) is 0 Å². The second kappa shape index (κ2) is 9.89. The lowest BCUT2D eigenvalue weighted by Gasteiger charge is -2.35. The molecule has 0 aromatic heterocycles. The molecule has 2 saturated heterocycles. The maximum absolute atomic E-state index is 5.43. The lowest BCUT2D eigenvalue weighted by molar-refractivity contribution is 0.0348. The SMILES string of the molecule is CC(C)CCN1CCCC(CC(C)CCN2CCOCC2)C1. The number of hydrogen-bond acceptors (Lipinski definition) is 3. The number of nitrogens with zero attached hydrogens (tertiary/aromatic N) is 2. The van der Waals surface area contributed by atoms with E-state index < -0.39 is 0 Å². The average molecular weight is 311 g/mol. The van der Waals surface area contributed by atoms with Crippen LogP contribution in [0, 0.1) is 17.8 Å². The van der Waals surface area contributed by atoms with E-state index in [2.05, 4.69) is 30.6 Å². The Morgan fingerprint density at radius 2 is 1.68 bits per heavy atom. The summed E-state index contributed by atoms with van der Waals surface area (Å²) in [6.45, 7) is 16.6. The Kier molecular flexibility index (Phi) is 8.19. The molecule has 2 rings (SSSR count). The zero-order valence-corrected chi connectivity index (χ0v) is 15.2. The minimum atomic E-state index is 0.841. The monoisotopic (exact) mass is 310 g/mol. The van der Waals surface area contributed by atoms with Crippen LogP contribution in [0.1, 0.15) is 52.9 Å². The van der Waals surface area contributed by atoms with Gasteiger partial charge in [-0.3, -0.25) is 4.90 Å². The summed E-state index contributed by atoms with van der Waals surface area (Å²) >= 11 is 0. The predicted octanol–water partition coefficient (Wildman–Crippen LogP) is 3.49. The predicted molar refractivity (Wildman–Crippen MR) is 94.3 cm³/mol. The zero-order chi connectivity index (χ0) is 15.8. The van der Waals surface area contributed by atoms with E-state index in [1.54, 1.807) is 0 Å². The molecular formula is C19H38N2O. The summed E-state index contributed by atoms with van der Waals surface area (Å²) in [6.07, 6.45) is 7.03. The van der Waals surface area contributed by atoms with Crippen LogP contribution in [0.15, 0.2) is 0 Å². The van der Waals surface area contributed by atoms with Crippen LogP contribution in [-0.4, -0.2) is 62.3 Å². The Morgan fingerprint density at radius 3 is 2.41 bits per heavy atom. The molecule has 0 N–H and O–H groups in total. The first-order valence-electron chi connectivity index (χ1n) is 9.66. The first-order valence-corrected chi connectivity index (χ1v) is 9.66. The standard InChI is InChI=1S/C19H38N2O/c1-17(2)6-9-21-8-4-5-19(16-21)15-18(3)7-10-20-11-13-22-14-12-20/h17-19H,4-16H2,1-3H3. The molecule has 0 aliphatic carbocycles. The van der Waals surface area contributed by atoms with Crippen LogP contribution in [0.25, 0.3) is 0 Å². The van der Waals surface area contributed by atoms with Gasteiger partial charge in [0.1, 0.15) is 0 Å². The van der Waals surface area contributed by atoms with Gasteiger partial charge in [0.25, 0.3) is 0 Å². The van der Waals surface area contributed by atoms with Crippen LogP contribution in [0.5, 0.6) is 0 Å². The van der Waals surface area contributed by atoms with Gasteiger partial charge in [-0.15, -0.1) is 0 Å². The molecule has 3 nitrogen and oxygen atoms in total. The van der Waals surface area contributed by atoms with E-state index in [0.717, 1.165) is 44.1 Å². The molecule has 0 saturated carbocycles. The molecule has 0 amide bonds. The van der Waals surface area contributed by atoms with E-state index in [9.17, 15) is 0 Å². The third-order valence-corrected chi connectivity index (χ3v) is 5.40. The summed E-state index contributed by atoms with van der Waals surface area (Å²) in [5, 5.41) is 0. The molecule has 0 spiro atoms. The highest BCUT2D eigenvalue weighted by Gasteiger charge is 2.22. The molecule has 0 aromatic carbocycles. The van der Waals surface area contributed by atoms with Crippen molar-refractivity contribution in [1.82, 2.24) is 9.80 Å². The first-order chi connectivity index (χ1) is 10.6. The van der Waals surface area contributed by atoms with E-state index in [1.807, 2.05) is 0 Å². The second-order valence-corrected chi connectivity index (χ2v) is 8.07. The van der Waals surface area contributed by atoms with Gasteiger partial charge in [0.2, 0.25) is 0 Å². The van der Waals surface area contributed by atoms with Crippen molar-refractivity contribution in [3.05, 3.63) is 0 Å². The zero-order valence-electron chi connectivity index (χ0n) is 15.2. The third-order valence-electron chi connectivity index (χ3n) is 5.40. The maximum Gasteiger partial charge on any atom is 0.0594 e. The molecule has 130 valence electrons. The van der Waals surface area contributed by atoms with Gasteiger partial charge in [-0.05, 0) is 69.5 Å². The molecule has 0 radical (unpaired) electrons. The molecule has 3 heteroatoms. The first kappa shape index (κ1) is 18.2. The largest absolute Gasteiger partial charge is 0.379 e. The molecule has 22 heavy (non-hydrogen) atoms. The van der Waals surface area contributed by atoms with E-state index >= 15 is 0 Å². The normalized spacial score (nSPS) is 26.5. The fourth-order valence-electron chi connectivity index (χ4n) is 3.90. The van der Waals surface area contributed by atoms with Crippen LogP contribution >= 0.6 is 0 Å². The Labute approximate surface area is 138 Å². The van der Waals surface area contributed by atoms with Crippen LogP contribution < -0.4 is 0 Å². The minimum absolute atomic E-state index is 0.841. The van der Waals surface area contributed by atoms with E-state index in [-0.39, 0.29) is 0 Å². The lowest BCUT2D eigenvalue weighted by Crippen LogP contribution is -2.38. The highest BCUT2D eigenvalue weighted by atomic mass is 16.5. The summed E-state index contributed by atoms with van der Waals surface area (Å²) < 4.78 is 5.43. The molecule has 2 atom stereocenters. The van der Waals surface area contributed by atoms with Crippen molar-refractivity contribution in [2.75, 3.05) is 52.5 Å². The van der Waals surface area contributed by atoms with Gasteiger partial charge < -0.3 is 9.64 Å². The number of ether oxygens (including phenoxy) is 1. The van der Waals surface area contributed by atoms with Crippen LogP contribution in [0.4, 0.5) is 0 Å². The van der Waals surface area contributed by atoms with Crippen molar-refractivity contribution in [3.63, 3.8) is 0 Å². The molecule has 2 aliphatic rings. The molecule has 0 aromatic rings. The van der Waals surface area contributed by atoms with Crippen molar-refractivity contribution < 1.29 is 4.74 Å². The van der Waals surface area contributed by atoms with E-state index in [1.165, 1.54) is 58.3 Å². The Balaban J connectivity index is 1.61. The third kappa shape index (κ3) is 6.97. The summed E-state index contributed by atoms with van der Waals surface area (Å²) in [5.41, 5.74) is 0. The van der Waals surface area contributed by atoms with Crippen molar-refractivity contribution >= 4 is 0 Å². The van der Waals surface area contributed by atoms with Crippen molar-refractivity contribution in [2.24, 2.45) is 17.8 Å². The van der Waals surface area contributed by atoms with E-state index in [0.29, 0.717) is 0 Å². The number of hydrogen-bond donors (Lipinski definition) is 0. The van der Waals surface area contributed by atoms with Crippen molar-refractivity contribution in [3.8, 4) is 0 Å². The summed E-state index contributed by atoms with van der Waals surface area (Å²) in [5.74, 6) is 2.66. The highest BCUT2D eigenvalue weighted by molar-refractivity contribution is 4.75. The molecule has 2 heterocycles. The molecule has 0 bridgehead atoms. The summed E-state index contributed by atoms with van der Waals surface area (Å²) in [6, 6.07) is 0. The highest BCUT2D eigenvalue weighted by Crippen LogP contribution is 2.25. The second-order valence-electron chi connectivity index (χ2n) is 8.07. The number of rotatable bonds is 8. The molecule has 2 fully saturated rings. The van der Waals surface area contributed by atoms with Gasteiger partial charge in [-0.2, -0.15) is 0 Å². The average Bonchev–Trinajstić information content (AvgIpc) is 2.52. The topological polar surface area (TPSA) is 15.7 Å². The smallest absolute Gasteiger partial charge is 0.0594 e. The number of morpholine rings is 1. The van der Waals surface area contributed by atoms with Gasteiger partial charge in [0.05, 0.1) is 13.2 Å². The Bertz CT molecular complexity index is 289. The van der Waals surface area contributed by atoms with Gasteiger partial charge in [0.15, 0.2) is 0 Å². The van der Waals surface area contributed by atoms with Gasteiger partial charge in [-0.1, -0.05) is 20.8 Å². The molecular weight excluding hydrogens is 272 g/mol. The van der Waals surface area contributed by atoms with Crippen LogP contribution in [0.2, 0.25) is 0 Å². The summed E-state index contributed by atoms with van der Waals surface area (Å²) in [7, 11) is 0. The maximum atomic E-state index is 5.43. The van der Waals surface area contributed by atoms with Crippen LogP contribution in [0.3, 0.4) is 0 Å². The molecule has 2 unspecified atom stereocenters. The Morgan fingerprint density at radius 1 is 0.955 bits per heavy atom. The number of likely N-dealkylation sites (tertiary alicyclic amines) is 1. The Hall–Kier alpha value is -0.120. The number of piperidine rings is 1. The van der Waals surface area contributed by atoms with Crippen LogP contribution in [-0.2, 0) is 4.74 Å². The van der Waals surface area contributed by atoms with E-state index in [4.69, 9.17) is 4.74 Å². The fraction of sp³-hybridized carbons (Fsp3) is 1.00. The summed E-state index contributed by atoms with van der Waals surface area (Å²) in [4.78, 5) is 5.30. The quantitative estimate of drug-likeness (QED) is 0.682. The molecule has 2 aliphatic heterocycles.